The molecule has 1 atom stereocenters. The number of carboxylic acid groups (broad SMARTS) is 1. The summed E-state index contributed by atoms with van der Waals surface area (Å²) in [4.78, 5) is 23.0. The number of hydrogen-bond donors (Lipinski definition) is 3. The van der Waals surface area contributed by atoms with E-state index in [0.717, 1.165) is 0 Å². The number of fused-ring (bicyclic) bond motifs is 1. The Balaban J connectivity index is 2.17. The van der Waals surface area contributed by atoms with Gasteiger partial charge in [-0.15, -0.1) is 0 Å². The highest BCUT2D eigenvalue weighted by molar-refractivity contribution is 8.00. The van der Waals surface area contributed by atoms with Crippen LogP contribution in [0.15, 0.2) is 12.1 Å². The van der Waals surface area contributed by atoms with Crippen molar-refractivity contribution in [2.45, 2.75) is 18.1 Å². The molecule has 2 rings (SSSR count). The number of halogens is 2. The van der Waals surface area contributed by atoms with Crippen molar-refractivity contribution in [3.05, 3.63) is 23.3 Å². The first-order valence-corrected chi connectivity index (χ1v) is 7.85. The normalized spacial score (nSPS) is 16.4. The lowest BCUT2D eigenvalue weighted by atomic mass is 9.72. The van der Waals surface area contributed by atoms with Crippen LogP contribution in [0, 0.1) is 0 Å². The molecular weight excluding hydrogens is 347 g/mol. The van der Waals surface area contributed by atoms with Crippen LogP contribution in [0.5, 0.6) is 11.5 Å². The van der Waals surface area contributed by atoms with E-state index in [2.05, 4.69) is 5.32 Å². The minimum Gasteiger partial charge on any atom is -0.534 e. The number of alkyl halides is 2. The van der Waals surface area contributed by atoms with Gasteiger partial charge >= 0.3 is 13.1 Å². The monoisotopic (exact) mass is 361 g/mol. The van der Waals surface area contributed by atoms with E-state index in [0.29, 0.717) is 5.56 Å². The fourth-order valence-corrected chi connectivity index (χ4v) is 2.69. The largest absolute Gasteiger partial charge is 0.547 e. The standard InChI is InChI=1S/C13H14BF2NO6S/c1-22-7-3-2-6-4-8(17-9(18)5-24-13(15)16)14(21)23-11(6)10(7)12(19)20/h2-3,8,13,21H,4-5H2,1H3,(H,17,18)(H,19,20). The fraction of sp³-hybridized carbons (Fsp3) is 0.385. The minimum absolute atomic E-state index is 0.0400. The SMILES string of the molecule is COc1ccc2c(c1C(=O)O)OB(O)C(NC(=O)CSC(F)F)C2. The number of aromatic carboxylic acids is 1. The van der Waals surface area contributed by atoms with Crippen LogP contribution < -0.4 is 14.7 Å². The average molecular weight is 361 g/mol. The number of carbonyl (C=O) groups excluding carboxylic acids is 1. The molecule has 3 N–H and O–H groups in total. The lowest BCUT2D eigenvalue weighted by Gasteiger charge is -2.29. The highest BCUT2D eigenvalue weighted by atomic mass is 32.2. The molecule has 130 valence electrons. The van der Waals surface area contributed by atoms with Gasteiger partial charge in [0, 0.05) is 0 Å². The van der Waals surface area contributed by atoms with E-state index < -0.39 is 36.4 Å². The van der Waals surface area contributed by atoms with Gasteiger partial charge in [-0.05, 0) is 18.1 Å². The number of rotatable bonds is 6. The first-order chi connectivity index (χ1) is 11.3. The molecule has 1 heterocycles. The fourth-order valence-electron chi connectivity index (χ4n) is 2.33. The van der Waals surface area contributed by atoms with Crippen LogP contribution in [0.3, 0.4) is 0 Å². The van der Waals surface area contributed by atoms with Crippen LogP contribution >= 0.6 is 11.8 Å². The summed E-state index contributed by atoms with van der Waals surface area (Å²) in [6, 6.07) is 2.99. The molecule has 0 fully saturated rings. The van der Waals surface area contributed by atoms with Crippen molar-refractivity contribution in [1.29, 1.82) is 0 Å². The number of methoxy groups -OCH3 is 1. The second-order valence-electron chi connectivity index (χ2n) is 4.89. The Morgan fingerprint density at radius 1 is 1.54 bits per heavy atom. The lowest BCUT2D eigenvalue weighted by Crippen LogP contribution is -2.53. The summed E-state index contributed by atoms with van der Waals surface area (Å²) in [5.41, 5.74) is 0.220. The third-order valence-electron chi connectivity index (χ3n) is 3.34. The van der Waals surface area contributed by atoms with Crippen LogP contribution in [0.25, 0.3) is 0 Å². The van der Waals surface area contributed by atoms with Gasteiger partial charge in [-0.1, -0.05) is 17.8 Å². The van der Waals surface area contributed by atoms with Crippen LogP contribution in [0.2, 0.25) is 0 Å². The summed E-state index contributed by atoms with van der Waals surface area (Å²) >= 11 is 0.164. The summed E-state index contributed by atoms with van der Waals surface area (Å²) in [5.74, 6) is -5.94. The van der Waals surface area contributed by atoms with E-state index in [4.69, 9.17) is 9.39 Å². The van der Waals surface area contributed by atoms with Crippen molar-refractivity contribution in [2.75, 3.05) is 12.9 Å². The van der Waals surface area contributed by atoms with Crippen LogP contribution in [0.4, 0.5) is 8.78 Å². The Kier molecular flexibility index (Phi) is 5.89. The second-order valence-corrected chi connectivity index (χ2v) is 5.87. The molecule has 0 spiro atoms. The van der Waals surface area contributed by atoms with E-state index in [1.54, 1.807) is 6.07 Å². The first kappa shape index (κ1) is 18.3. The van der Waals surface area contributed by atoms with Gasteiger partial charge in [0.05, 0.1) is 18.8 Å². The first-order valence-electron chi connectivity index (χ1n) is 6.80. The molecule has 1 aromatic carbocycles. The molecular formula is C13H14BF2NO6S. The number of benzene rings is 1. The Morgan fingerprint density at radius 3 is 2.83 bits per heavy atom. The van der Waals surface area contributed by atoms with Crippen molar-refractivity contribution in [2.24, 2.45) is 0 Å². The molecule has 7 nitrogen and oxygen atoms in total. The number of amides is 1. The Bertz CT molecular complexity index is 647. The number of carbonyl (C=O) groups is 2. The van der Waals surface area contributed by atoms with Gasteiger partial charge in [0.1, 0.15) is 17.1 Å². The maximum atomic E-state index is 12.1. The number of nitrogens with one attached hydrogen (secondary N) is 1. The molecule has 24 heavy (non-hydrogen) atoms. The van der Waals surface area contributed by atoms with Crippen molar-refractivity contribution >= 4 is 30.8 Å². The number of thioether (sulfide) groups is 1. The smallest absolute Gasteiger partial charge is 0.534 e. The molecule has 0 saturated heterocycles. The van der Waals surface area contributed by atoms with Gasteiger partial charge in [-0.25, -0.2) is 4.79 Å². The summed E-state index contributed by atoms with van der Waals surface area (Å²) < 4.78 is 34.4. The predicted octanol–water partition coefficient (Wildman–Crippen LogP) is 0.789. The van der Waals surface area contributed by atoms with Gasteiger partial charge in [-0.2, -0.15) is 8.78 Å². The van der Waals surface area contributed by atoms with Crippen LogP contribution in [-0.2, 0) is 11.2 Å². The van der Waals surface area contributed by atoms with E-state index in [9.17, 15) is 28.5 Å². The third-order valence-corrected chi connectivity index (χ3v) is 4.03. The molecule has 1 aliphatic rings. The Hall–Kier alpha value is -2.01. The number of hydrogen-bond acceptors (Lipinski definition) is 6. The quantitative estimate of drug-likeness (QED) is 0.644. The molecule has 0 bridgehead atoms. The van der Waals surface area contributed by atoms with Gasteiger partial charge in [0.25, 0.3) is 5.76 Å². The molecule has 1 amide bonds. The van der Waals surface area contributed by atoms with Crippen molar-refractivity contribution in [3.63, 3.8) is 0 Å². The molecule has 0 radical (unpaired) electrons. The van der Waals surface area contributed by atoms with Gasteiger partial charge in [-0.3, -0.25) is 4.79 Å². The zero-order valence-corrected chi connectivity index (χ0v) is 13.3. The van der Waals surface area contributed by atoms with Gasteiger partial charge in [0.15, 0.2) is 0 Å². The van der Waals surface area contributed by atoms with E-state index in [1.165, 1.54) is 13.2 Å². The maximum absolute atomic E-state index is 12.1. The molecule has 0 aliphatic carbocycles. The highest BCUT2D eigenvalue weighted by Gasteiger charge is 2.38. The molecule has 1 aliphatic heterocycles. The molecule has 1 aromatic rings. The number of ether oxygens (including phenoxy) is 1. The Morgan fingerprint density at radius 2 is 2.25 bits per heavy atom. The van der Waals surface area contributed by atoms with Crippen molar-refractivity contribution in [3.8, 4) is 11.5 Å². The van der Waals surface area contributed by atoms with Crippen LogP contribution in [-0.4, -0.2) is 53.7 Å². The van der Waals surface area contributed by atoms with Crippen molar-refractivity contribution < 1.29 is 37.9 Å². The summed E-state index contributed by atoms with van der Waals surface area (Å²) in [6.07, 6.45) is 0.0891. The number of carboxylic acids is 1. The van der Waals surface area contributed by atoms with Crippen LogP contribution in [0.1, 0.15) is 15.9 Å². The summed E-state index contributed by atoms with van der Waals surface area (Å²) in [6.45, 7) is 0. The maximum Gasteiger partial charge on any atom is 0.547 e. The zero-order valence-electron chi connectivity index (χ0n) is 12.5. The van der Waals surface area contributed by atoms with E-state index in [-0.39, 0.29) is 35.2 Å². The third kappa shape index (κ3) is 4.09. The lowest BCUT2D eigenvalue weighted by molar-refractivity contribution is -0.119. The van der Waals surface area contributed by atoms with Gasteiger partial charge in [0.2, 0.25) is 5.91 Å². The molecule has 0 saturated carbocycles. The second kappa shape index (κ2) is 7.71. The zero-order chi connectivity index (χ0) is 17.9. The average Bonchev–Trinajstić information content (AvgIpc) is 2.52. The Labute approximate surface area is 140 Å². The topological polar surface area (TPSA) is 105 Å². The molecule has 11 heteroatoms. The summed E-state index contributed by atoms with van der Waals surface area (Å²) in [7, 11) is -0.208. The summed E-state index contributed by atoms with van der Waals surface area (Å²) in [5, 5.41) is 21.7. The molecule has 1 unspecified atom stereocenters. The van der Waals surface area contributed by atoms with Crippen molar-refractivity contribution in [1.82, 2.24) is 5.32 Å². The van der Waals surface area contributed by atoms with Gasteiger partial charge < -0.3 is 24.8 Å². The minimum atomic E-state index is -2.67. The van der Waals surface area contributed by atoms with E-state index in [1.807, 2.05) is 0 Å². The molecule has 0 aromatic heterocycles. The van der Waals surface area contributed by atoms with E-state index >= 15 is 0 Å². The predicted molar refractivity (Wildman–Crippen MR) is 82.7 cm³/mol. The highest BCUT2D eigenvalue weighted by Crippen LogP contribution is 2.36.